The molecule has 84 valence electrons. The molecule has 1 heterocycles. The molecule has 0 spiro atoms. The second-order valence-electron chi connectivity index (χ2n) is 3.38. The lowest BCUT2D eigenvalue weighted by atomic mass is 9.82. The van der Waals surface area contributed by atoms with Crippen LogP contribution in [0.15, 0.2) is 0 Å². The highest BCUT2D eigenvalue weighted by atomic mass is 32.2. The number of carboxylic acids is 1. The van der Waals surface area contributed by atoms with Crippen LogP contribution in [0.1, 0.15) is 12.8 Å². The van der Waals surface area contributed by atoms with Gasteiger partial charge in [0.1, 0.15) is 5.41 Å². The van der Waals surface area contributed by atoms with Crippen LogP contribution in [0.5, 0.6) is 0 Å². The SMILES string of the molecule is COC(=O)CC[C@@]1(C(=O)O)CSCC1=O. The molecule has 0 unspecified atom stereocenters. The minimum absolute atomic E-state index is 0.0286. The fourth-order valence-electron chi connectivity index (χ4n) is 1.45. The topological polar surface area (TPSA) is 80.7 Å². The number of ether oxygens (including phenoxy) is 1. The van der Waals surface area contributed by atoms with Crippen LogP contribution in [-0.2, 0) is 19.1 Å². The van der Waals surface area contributed by atoms with Crippen molar-refractivity contribution in [1.82, 2.24) is 0 Å². The van der Waals surface area contributed by atoms with Gasteiger partial charge in [0, 0.05) is 12.2 Å². The molecule has 0 amide bonds. The molecule has 1 aliphatic heterocycles. The standard InChI is InChI=1S/C9H12O5S/c1-14-7(11)2-3-9(8(12)13)5-15-4-6(9)10/h2-5H2,1H3,(H,12,13)/t9-/m1/s1. The third-order valence-corrected chi connectivity index (χ3v) is 3.67. The number of carbonyl (C=O) groups is 3. The Kier molecular flexibility index (Phi) is 3.73. The molecule has 1 N–H and O–H groups in total. The Morgan fingerprint density at radius 3 is 2.67 bits per heavy atom. The van der Waals surface area contributed by atoms with Crippen molar-refractivity contribution < 1.29 is 24.2 Å². The number of aliphatic carboxylic acids is 1. The van der Waals surface area contributed by atoms with Gasteiger partial charge in [-0.2, -0.15) is 11.8 Å². The van der Waals surface area contributed by atoms with Gasteiger partial charge in [0.15, 0.2) is 5.78 Å². The van der Waals surface area contributed by atoms with E-state index in [1.807, 2.05) is 0 Å². The van der Waals surface area contributed by atoms with Crippen molar-refractivity contribution in [2.24, 2.45) is 5.41 Å². The first-order chi connectivity index (χ1) is 7.03. The number of hydrogen-bond acceptors (Lipinski definition) is 5. The van der Waals surface area contributed by atoms with Crippen molar-refractivity contribution in [2.75, 3.05) is 18.6 Å². The largest absolute Gasteiger partial charge is 0.480 e. The number of Topliss-reactive ketones (excluding diaryl/α,β-unsaturated/α-hetero) is 1. The maximum absolute atomic E-state index is 11.5. The Labute approximate surface area is 91.2 Å². The van der Waals surface area contributed by atoms with Gasteiger partial charge >= 0.3 is 11.9 Å². The number of ketones is 1. The van der Waals surface area contributed by atoms with E-state index in [4.69, 9.17) is 5.11 Å². The summed E-state index contributed by atoms with van der Waals surface area (Å²) in [6.45, 7) is 0. The molecule has 0 aromatic heterocycles. The lowest BCUT2D eigenvalue weighted by Gasteiger charge is -2.20. The highest BCUT2D eigenvalue weighted by molar-refractivity contribution is 8.00. The molecular weight excluding hydrogens is 220 g/mol. The van der Waals surface area contributed by atoms with E-state index in [9.17, 15) is 14.4 Å². The molecule has 0 aliphatic carbocycles. The van der Waals surface area contributed by atoms with Gasteiger partial charge in [-0.3, -0.25) is 14.4 Å². The third kappa shape index (κ3) is 2.31. The molecule has 1 atom stereocenters. The minimum Gasteiger partial charge on any atom is -0.480 e. The lowest BCUT2D eigenvalue weighted by molar-refractivity contribution is -0.153. The van der Waals surface area contributed by atoms with Gasteiger partial charge < -0.3 is 9.84 Å². The Bertz CT molecular complexity index is 301. The van der Waals surface area contributed by atoms with Gasteiger partial charge in [-0.15, -0.1) is 0 Å². The van der Waals surface area contributed by atoms with E-state index in [0.29, 0.717) is 0 Å². The van der Waals surface area contributed by atoms with Crippen LogP contribution in [0.3, 0.4) is 0 Å². The third-order valence-electron chi connectivity index (χ3n) is 2.51. The highest BCUT2D eigenvalue weighted by Crippen LogP contribution is 2.37. The molecule has 0 aromatic carbocycles. The van der Waals surface area contributed by atoms with E-state index in [-0.39, 0.29) is 30.1 Å². The summed E-state index contributed by atoms with van der Waals surface area (Å²) < 4.78 is 4.42. The van der Waals surface area contributed by atoms with Crippen LogP contribution in [-0.4, -0.2) is 41.4 Å². The molecule has 1 rings (SSSR count). The normalized spacial score (nSPS) is 25.3. The number of carbonyl (C=O) groups excluding carboxylic acids is 2. The van der Waals surface area contributed by atoms with Crippen LogP contribution in [0.25, 0.3) is 0 Å². The molecule has 1 aliphatic rings. The van der Waals surface area contributed by atoms with E-state index >= 15 is 0 Å². The molecule has 6 heteroatoms. The van der Waals surface area contributed by atoms with Gasteiger partial charge in [0.2, 0.25) is 0 Å². The number of esters is 1. The molecule has 1 saturated heterocycles. The quantitative estimate of drug-likeness (QED) is 0.555. The van der Waals surface area contributed by atoms with Crippen molar-refractivity contribution in [3.63, 3.8) is 0 Å². The first-order valence-corrected chi connectivity index (χ1v) is 5.59. The summed E-state index contributed by atoms with van der Waals surface area (Å²) in [6, 6.07) is 0. The summed E-state index contributed by atoms with van der Waals surface area (Å²) in [5.41, 5.74) is -1.38. The van der Waals surface area contributed by atoms with E-state index in [1.54, 1.807) is 0 Å². The van der Waals surface area contributed by atoms with Crippen LogP contribution >= 0.6 is 11.8 Å². The summed E-state index contributed by atoms with van der Waals surface area (Å²) in [7, 11) is 1.24. The minimum atomic E-state index is -1.38. The van der Waals surface area contributed by atoms with Gasteiger partial charge in [-0.1, -0.05) is 0 Å². The predicted molar refractivity (Wildman–Crippen MR) is 53.7 cm³/mol. The number of rotatable bonds is 4. The number of thioether (sulfide) groups is 1. The molecule has 15 heavy (non-hydrogen) atoms. The van der Waals surface area contributed by atoms with Gasteiger partial charge in [-0.25, -0.2) is 0 Å². The Morgan fingerprint density at radius 1 is 1.60 bits per heavy atom. The van der Waals surface area contributed by atoms with Gasteiger partial charge in [0.25, 0.3) is 0 Å². The van der Waals surface area contributed by atoms with Crippen LogP contribution in [0.2, 0.25) is 0 Å². The fourth-order valence-corrected chi connectivity index (χ4v) is 2.79. The fraction of sp³-hybridized carbons (Fsp3) is 0.667. The van der Waals surface area contributed by atoms with E-state index in [2.05, 4.69) is 4.74 Å². The van der Waals surface area contributed by atoms with Crippen molar-refractivity contribution in [1.29, 1.82) is 0 Å². The number of methoxy groups -OCH3 is 1. The van der Waals surface area contributed by atoms with Crippen molar-refractivity contribution in [3.05, 3.63) is 0 Å². The highest BCUT2D eigenvalue weighted by Gasteiger charge is 2.49. The molecule has 0 saturated carbocycles. The zero-order valence-corrected chi connectivity index (χ0v) is 9.13. The number of hydrogen-bond donors (Lipinski definition) is 1. The molecule has 5 nitrogen and oxygen atoms in total. The first-order valence-electron chi connectivity index (χ1n) is 4.44. The average molecular weight is 232 g/mol. The van der Waals surface area contributed by atoms with Crippen LogP contribution in [0, 0.1) is 5.41 Å². The Hall–Kier alpha value is -1.04. The Balaban J connectivity index is 2.71. The zero-order chi connectivity index (χ0) is 11.5. The number of carboxylic acid groups (broad SMARTS) is 1. The summed E-state index contributed by atoms with van der Waals surface area (Å²) in [5.74, 6) is -1.46. The van der Waals surface area contributed by atoms with Crippen LogP contribution in [0.4, 0.5) is 0 Å². The molecule has 0 aromatic rings. The maximum atomic E-state index is 11.5. The average Bonchev–Trinajstić information content (AvgIpc) is 2.57. The monoisotopic (exact) mass is 232 g/mol. The van der Waals surface area contributed by atoms with E-state index in [0.717, 1.165) is 0 Å². The summed E-state index contributed by atoms with van der Waals surface area (Å²) >= 11 is 1.29. The zero-order valence-electron chi connectivity index (χ0n) is 8.32. The van der Waals surface area contributed by atoms with E-state index < -0.39 is 17.4 Å². The molecule has 0 radical (unpaired) electrons. The van der Waals surface area contributed by atoms with Crippen molar-refractivity contribution in [2.45, 2.75) is 12.8 Å². The molecular formula is C9H12O5S. The van der Waals surface area contributed by atoms with Gasteiger partial charge in [-0.05, 0) is 6.42 Å². The van der Waals surface area contributed by atoms with Gasteiger partial charge in [0.05, 0.1) is 12.9 Å². The van der Waals surface area contributed by atoms with Crippen molar-refractivity contribution in [3.8, 4) is 0 Å². The maximum Gasteiger partial charge on any atom is 0.318 e. The first kappa shape index (κ1) is 12.0. The summed E-state index contributed by atoms with van der Waals surface area (Å²) in [4.78, 5) is 33.4. The summed E-state index contributed by atoms with van der Waals surface area (Å²) in [5, 5.41) is 9.03. The molecule has 1 fully saturated rings. The second-order valence-corrected chi connectivity index (χ2v) is 4.36. The predicted octanol–water partition coefficient (Wildman–Crippen LogP) is 0.326. The van der Waals surface area contributed by atoms with Crippen LogP contribution < -0.4 is 0 Å². The summed E-state index contributed by atoms with van der Waals surface area (Å²) in [6.07, 6.45) is -0.00403. The second kappa shape index (κ2) is 4.65. The smallest absolute Gasteiger partial charge is 0.318 e. The van der Waals surface area contributed by atoms with Crippen molar-refractivity contribution >= 4 is 29.5 Å². The Morgan fingerprint density at radius 2 is 2.27 bits per heavy atom. The lowest BCUT2D eigenvalue weighted by Crippen LogP contribution is -2.39. The van der Waals surface area contributed by atoms with E-state index in [1.165, 1.54) is 18.9 Å². The molecule has 0 bridgehead atoms.